The Balaban J connectivity index is 0.00000280. The number of thioether (sulfide) groups is 1. The highest BCUT2D eigenvalue weighted by Gasteiger charge is 2.21. The Bertz CT molecular complexity index is 942. The van der Waals surface area contributed by atoms with Gasteiger partial charge in [0.05, 0.1) is 10.2 Å². The van der Waals surface area contributed by atoms with Crippen molar-refractivity contribution in [2.45, 2.75) is 18.2 Å². The van der Waals surface area contributed by atoms with Crippen LogP contribution in [0.25, 0.3) is 10.2 Å². The first-order chi connectivity index (χ1) is 13.0. The van der Waals surface area contributed by atoms with E-state index in [4.69, 9.17) is 4.98 Å². The molecule has 0 aliphatic carbocycles. The van der Waals surface area contributed by atoms with Gasteiger partial charge in [-0.1, -0.05) is 23.5 Å². The number of amides is 1. The van der Waals surface area contributed by atoms with Crippen LogP contribution >= 0.6 is 35.5 Å². The van der Waals surface area contributed by atoms with Crippen molar-refractivity contribution in [1.29, 1.82) is 0 Å². The molecule has 0 unspecified atom stereocenters. The second kappa shape index (κ2) is 10.3. The van der Waals surface area contributed by atoms with Gasteiger partial charge in [-0.3, -0.25) is 9.69 Å². The summed E-state index contributed by atoms with van der Waals surface area (Å²) in [6, 6.07) is 14.0. The van der Waals surface area contributed by atoms with Crippen LogP contribution in [0.5, 0.6) is 0 Å². The van der Waals surface area contributed by atoms with E-state index < -0.39 is 0 Å². The Labute approximate surface area is 181 Å². The van der Waals surface area contributed by atoms with Crippen molar-refractivity contribution in [3.8, 4) is 0 Å². The molecule has 4 nitrogen and oxygen atoms in total. The maximum absolute atomic E-state index is 13.3. The van der Waals surface area contributed by atoms with Crippen LogP contribution in [-0.2, 0) is 0 Å². The normalized spacial score (nSPS) is 10.9. The van der Waals surface area contributed by atoms with E-state index in [2.05, 4.69) is 38.1 Å². The number of hydrogen-bond donors (Lipinski definition) is 0. The Kier molecular flexibility index (Phi) is 8.31. The topological polar surface area (TPSA) is 36.4 Å². The third-order valence-corrected chi connectivity index (χ3v) is 6.08. The summed E-state index contributed by atoms with van der Waals surface area (Å²) in [5.74, 6) is 0.0143. The first-order valence-electron chi connectivity index (χ1n) is 8.96. The molecule has 28 heavy (non-hydrogen) atoms. The minimum atomic E-state index is 0. The van der Waals surface area contributed by atoms with Gasteiger partial charge >= 0.3 is 0 Å². The highest BCUT2D eigenvalue weighted by molar-refractivity contribution is 7.98. The maximum Gasteiger partial charge on any atom is 0.260 e. The van der Waals surface area contributed by atoms with E-state index in [9.17, 15) is 4.79 Å². The summed E-state index contributed by atoms with van der Waals surface area (Å²) in [7, 11) is 4.10. The molecule has 0 atom stereocenters. The molecule has 3 rings (SSSR count). The van der Waals surface area contributed by atoms with E-state index in [0.29, 0.717) is 12.1 Å². The van der Waals surface area contributed by atoms with Gasteiger partial charge in [0.1, 0.15) is 0 Å². The number of carbonyl (C=O) groups is 1. The molecule has 0 N–H and O–H groups in total. The Morgan fingerprint density at radius 2 is 1.93 bits per heavy atom. The molecule has 0 spiro atoms. The number of halogens is 1. The van der Waals surface area contributed by atoms with Gasteiger partial charge in [-0.25, -0.2) is 4.98 Å². The Morgan fingerprint density at radius 3 is 2.64 bits per heavy atom. The number of nitrogens with zero attached hydrogens (tertiary/aromatic N) is 3. The van der Waals surface area contributed by atoms with Gasteiger partial charge in [-0.15, -0.1) is 24.2 Å². The van der Waals surface area contributed by atoms with E-state index in [1.807, 2.05) is 41.5 Å². The van der Waals surface area contributed by atoms with Crippen LogP contribution in [0.15, 0.2) is 47.4 Å². The van der Waals surface area contributed by atoms with Gasteiger partial charge in [0, 0.05) is 17.0 Å². The van der Waals surface area contributed by atoms with E-state index in [-0.39, 0.29) is 18.3 Å². The Hall–Kier alpha value is -1.60. The molecule has 0 bridgehead atoms. The summed E-state index contributed by atoms with van der Waals surface area (Å²) in [5.41, 5.74) is 2.86. The molecule has 0 radical (unpaired) electrons. The van der Waals surface area contributed by atoms with Crippen molar-refractivity contribution in [2.75, 3.05) is 38.3 Å². The zero-order valence-electron chi connectivity index (χ0n) is 16.6. The van der Waals surface area contributed by atoms with Crippen LogP contribution < -0.4 is 4.90 Å². The fourth-order valence-corrected chi connectivity index (χ4v) is 4.42. The van der Waals surface area contributed by atoms with Gasteiger partial charge in [0.2, 0.25) is 0 Å². The van der Waals surface area contributed by atoms with Crippen LogP contribution in [0.1, 0.15) is 22.3 Å². The number of benzene rings is 2. The van der Waals surface area contributed by atoms with Crippen LogP contribution in [0, 0.1) is 6.92 Å². The maximum atomic E-state index is 13.3. The molecule has 3 aromatic rings. The van der Waals surface area contributed by atoms with Gasteiger partial charge in [0.25, 0.3) is 5.91 Å². The molecule has 0 saturated carbocycles. The molecule has 0 saturated heterocycles. The van der Waals surface area contributed by atoms with E-state index >= 15 is 0 Å². The third-order valence-electron chi connectivity index (χ3n) is 4.31. The number of aryl methyl sites for hydroxylation is 1. The number of carbonyl (C=O) groups excluding carboxylic acids is 1. The number of aromatic nitrogens is 1. The quantitative estimate of drug-likeness (QED) is 0.469. The molecule has 0 fully saturated rings. The molecule has 0 aliphatic rings. The average molecular weight is 436 g/mol. The molecular formula is C21H26ClN3OS2. The van der Waals surface area contributed by atoms with Crippen molar-refractivity contribution >= 4 is 56.8 Å². The van der Waals surface area contributed by atoms with Crippen molar-refractivity contribution in [3.05, 3.63) is 53.6 Å². The predicted octanol–water partition coefficient (Wildman–Crippen LogP) is 5.35. The summed E-state index contributed by atoms with van der Waals surface area (Å²) in [5, 5.41) is 0.772. The summed E-state index contributed by atoms with van der Waals surface area (Å²) in [6.07, 6.45) is 2.92. The standard InChI is InChI=1S/C21H25N3OS2.ClH/c1-15-9-10-18-19(13-15)27-21(22-18)24(12-6-11-23(2)3)20(25)16-7-5-8-17(14-16)26-4;/h5,7-10,13-14H,6,11-12H2,1-4H3;1H. The lowest BCUT2D eigenvalue weighted by atomic mass is 10.2. The SMILES string of the molecule is CSc1cccc(C(=O)N(CCCN(C)C)c2nc3ccc(C)cc3s2)c1.Cl. The van der Waals surface area contributed by atoms with Gasteiger partial charge in [0.15, 0.2) is 5.13 Å². The molecule has 1 aromatic heterocycles. The van der Waals surface area contributed by atoms with Crippen LogP contribution in [-0.4, -0.2) is 49.2 Å². The lowest BCUT2D eigenvalue weighted by Gasteiger charge is -2.21. The smallest absolute Gasteiger partial charge is 0.260 e. The zero-order valence-corrected chi connectivity index (χ0v) is 19.1. The van der Waals surface area contributed by atoms with E-state index in [0.717, 1.165) is 33.2 Å². The van der Waals surface area contributed by atoms with Crippen LogP contribution in [0.3, 0.4) is 0 Å². The third kappa shape index (κ3) is 5.47. The van der Waals surface area contributed by atoms with Crippen molar-refractivity contribution in [1.82, 2.24) is 9.88 Å². The molecule has 150 valence electrons. The fourth-order valence-electron chi connectivity index (χ4n) is 2.88. The fraction of sp³-hybridized carbons (Fsp3) is 0.333. The molecule has 2 aromatic carbocycles. The second-order valence-electron chi connectivity index (χ2n) is 6.81. The van der Waals surface area contributed by atoms with Crippen LogP contribution in [0.4, 0.5) is 5.13 Å². The number of anilines is 1. The molecule has 1 amide bonds. The summed E-state index contributed by atoms with van der Waals surface area (Å²) in [4.78, 5) is 23.1. The largest absolute Gasteiger partial charge is 0.309 e. The predicted molar refractivity (Wildman–Crippen MR) is 125 cm³/mol. The van der Waals surface area contributed by atoms with Crippen molar-refractivity contribution in [2.24, 2.45) is 0 Å². The summed E-state index contributed by atoms with van der Waals surface area (Å²) < 4.78 is 1.12. The zero-order chi connectivity index (χ0) is 19.4. The lowest BCUT2D eigenvalue weighted by Crippen LogP contribution is -2.33. The molecule has 7 heteroatoms. The first kappa shape index (κ1) is 22.7. The van der Waals surface area contributed by atoms with Gasteiger partial charge in [-0.2, -0.15) is 0 Å². The number of rotatable bonds is 7. The van der Waals surface area contributed by atoms with Crippen molar-refractivity contribution < 1.29 is 4.79 Å². The minimum absolute atomic E-state index is 0. The molecule has 0 aliphatic heterocycles. The lowest BCUT2D eigenvalue weighted by molar-refractivity contribution is 0.0986. The van der Waals surface area contributed by atoms with Gasteiger partial charge < -0.3 is 4.90 Å². The number of hydrogen-bond acceptors (Lipinski definition) is 5. The van der Waals surface area contributed by atoms with Crippen molar-refractivity contribution in [3.63, 3.8) is 0 Å². The van der Waals surface area contributed by atoms with E-state index in [1.54, 1.807) is 23.1 Å². The monoisotopic (exact) mass is 435 g/mol. The Morgan fingerprint density at radius 1 is 1.14 bits per heavy atom. The molecule has 1 heterocycles. The number of thiazole rings is 1. The van der Waals surface area contributed by atoms with E-state index in [1.165, 1.54) is 5.56 Å². The van der Waals surface area contributed by atoms with Crippen LogP contribution in [0.2, 0.25) is 0 Å². The highest BCUT2D eigenvalue weighted by Crippen LogP contribution is 2.31. The average Bonchev–Trinajstić information content (AvgIpc) is 3.07. The summed E-state index contributed by atoms with van der Waals surface area (Å²) >= 11 is 3.23. The first-order valence-corrected chi connectivity index (χ1v) is 11.0. The highest BCUT2D eigenvalue weighted by atomic mass is 35.5. The second-order valence-corrected chi connectivity index (χ2v) is 8.70. The number of fused-ring (bicyclic) bond motifs is 1. The summed E-state index contributed by atoms with van der Waals surface area (Å²) in [6.45, 7) is 3.66. The van der Waals surface area contributed by atoms with Gasteiger partial charge in [-0.05, 0) is 76.1 Å². The molecular weight excluding hydrogens is 410 g/mol. The minimum Gasteiger partial charge on any atom is -0.309 e.